The van der Waals surface area contributed by atoms with Crippen LogP contribution in [0, 0.1) is 15.9 Å². The Labute approximate surface area is 161 Å². The number of rotatable bonds is 3. The van der Waals surface area contributed by atoms with E-state index in [0.717, 1.165) is 29.1 Å². The van der Waals surface area contributed by atoms with E-state index in [1.54, 1.807) is 0 Å². The average Bonchev–Trinajstić information content (AvgIpc) is 2.70. The number of halogens is 1. The van der Waals surface area contributed by atoms with Gasteiger partial charge in [0.15, 0.2) is 0 Å². The molecule has 1 heterocycles. The van der Waals surface area contributed by atoms with E-state index in [0.29, 0.717) is 6.42 Å². The third-order valence-electron chi connectivity index (χ3n) is 4.16. The number of hydrogen-bond acceptors (Lipinski definition) is 4. The van der Waals surface area contributed by atoms with Crippen LogP contribution in [0.5, 0.6) is 0 Å². The molecule has 0 aliphatic carbocycles. The van der Waals surface area contributed by atoms with Crippen LogP contribution in [0.4, 0.5) is 21.5 Å². The molecule has 4 rings (SSSR count). The van der Waals surface area contributed by atoms with Crippen LogP contribution in [0.2, 0.25) is 0 Å². The number of benzene rings is 3. The summed E-state index contributed by atoms with van der Waals surface area (Å²) in [5.74, 6) is -0.773. The molecule has 0 bridgehead atoms. The Balaban J connectivity index is 0.000000192. The maximum absolute atomic E-state index is 12.4. The van der Waals surface area contributed by atoms with E-state index in [2.05, 4.69) is 10.6 Å². The van der Waals surface area contributed by atoms with Crippen LogP contribution in [-0.4, -0.2) is 16.9 Å². The van der Waals surface area contributed by atoms with Crippen LogP contribution in [0.25, 0.3) is 0 Å². The Hall–Kier alpha value is -3.74. The van der Waals surface area contributed by atoms with Gasteiger partial charge >= 0.3 is 5.69 Å². The van der Waals surface area contributed by atoms with Crippen LogP contribution < -0.4 is 10.6 Å². The molecule has 0 unspecified atom stereocenters. The molecule has 1 amide bonds. The minimum Gasteiger partial charge on any atom is -0.372 e. The molecular formula is C21H18FN3O3. The summed E-state index contributed by atoms with van der Waals surface area (Å²) in [6, 6.07) is 22.6. The lowest BCUT2D eigenvalue weighted by atomic mass is 10.0. The first kappa shape index (κ1) is 19.0. The van der Waals surface area contributed by atoms with Crippen molar-refractivity contribution in [3.63, 3.8) is 0 Å². The van der Waals surface area contributed by atoms with Gasteiger partial charge in [-0.15, -0.1) is 0 Å². The summed E-state index contributed by atoms with van der Waals surface area (Å²) in [5, 5.41) is 16.2. The van der Waals surface area contributed by atoms with Gasteiger partial charge < -0.3 is 10.6 Å². The molecule has 0 spiro atoms. The molecule has 1 aliphatic rings. The average molecular weight is 379 g/mol. The molecule has 1 atom stereocenters. The van der Waals surface area contributed by atoms with Crippen molar-refractivity contribution in [2.45, 2.75) is 12.5 Å². The summed E-state index contributed by atoms with van der Waals surface area (Å²) in [5.41, 5.74) is 2.51. The first-order valence-electron chi connectivity index (χ1n) is 8.64. The van der Waals surface area contributed by atoms with Crippen molar-refractivity contribution in [3.05, 3.63) is 100 Å². The highest BCUT2D eigenvalue weighted by Crippen LogP contribution is 2.26. The number of amides is 1. The first-order chi connectivity index (χ1) is 13.5. The zero-order valence-corrected chi connectivity index (χ0v) is 14.8. The third kappa shape index (κ3) is 4.70. The molecular weight excluding hydrogens is 361 g/mol. The van der Waals surface area contributed by atoms with Crippen molar-refractivity contribution in [2.75, 3.05) is 10.6 Å². The Morgan fingerprint density at radius 3 is 2.14 bits per heavy atom. The fourth-order valence-electron chi connectivity index (χ4n) is 2.78. The van der Waals surface area contributed by atoms with Gasteiger partial charge in [0, 0.05) is 12.5 Å². The van der Waals surface area contributed by atoms with E-state index < -0.39 is 16.4 Å². The number of carbonyl (C=O) groups excluding carboxylic acids is 1. The van der Waals surface area contributed by atoms with Gasteiger partial charge in [-0.25, -0.2) is 0 Å². The summed E-state index contributed by atoms with van der Waals surface area (Å²) in [6.45, 7) is 0. The second-order valence-electron chi connectivity index (χ2n) is 6.13. The highest BCUT2D eigenvalue weighted by atomic mass is 19.1. The zero-order chi connectivity index (χ0) is 19.9. The Morgan fingerprint density at radius 1 is 0.893 bits per heavy atom. The van der Waals surface area contributed by atoms with Crippen LogP contribution in [-0.2, 0) is 11.2 Å². The quantitative estimate of drug-likeness (QED) is 0.522. The molecule has 0 fully saturated rings. The van der Waals surface area contributed by atoms with Crippen LogP contribution in [0.3, 0.4) is 0 Å². The lowest BCUT2D eigenvalue weighted by Gasteiger charge is -2.26. The van der Waals surface area contributed by atoms with Crippen molar-refractivity contribution < 1.29 is 14.1 Å². The lowest BCUT2D eigenvalue weighted by molar-refractivity contribution is -0.387. The van der Waals surface area contributed by atoms with Crippen molar-refractivity contribution in [1.82, 2.24) is 0 Å². The summed E-state index contributed by atoms with van der Waals surface area (Å²) >= 11 is 0. The number of hydrogen-bond donors (Lipinski definition) is 2. The number of nitro groups is 1. The number of nitro benzene ring substituents is 1. The van der Waals surface area contributed by atoms with Gasteiger partial charge in [0.2, 0.25) is 11.7 Å². The largest absolute Gasteiger partial charge is 0.372 e. The van der Waals surface area contributed by atoms with Gasteiger partial charge in [0.05, 0.1) is 16.3 Å². The van der Waals surface area contributed by atoms with E-state index in [1.807, 2.05) is 54.6 Å². The fraction of sp³-hybridized carbons (Fsp3) is 0.0952. The predicted octanol–water partition coefficient (Wildman–Crippen LogP) is 4.40. The molecule has 2 N–H and O–H groups in total. The van der Waals surface area contributed by atoms with Crippen molar-refractivity contribution in [2.24, 2.45) is 0 Å². The van der Waals surface area contributed by atoms with E-state index in [4.69, 9.17) is 0 Å². The smallest absolute Gasteiger partial charge is 0.304 e. The summed E-state index contributed by atoms with van der Waals surface area (Å²) < 4.78 is 12.4. The van der Waals surface area contributed by atoms with Gasteiger partial charge in [0.25, 0.3) is 0 Å². The molecule has 28 heavy (non-hydrogen) atoms. The third-order valence-corrected chi connectivity index (χ3v) is 4.16. The van der Waals surface area contributed by atoms with Gasteiger partial charge in [-0.3, -0.25) is 14.9 Å². The van der Waals surface area contributed by atoms with E-state index in [1.165, 1.54) is 12.1 Å². The molecule has 0 saturated carbocycles. The number of nitrogens with one attached hydrogen (secondary N) is 2. The Morgan fingerprint density at radius 2 is 1.50 bits per heavy atom. The normalized spacial score (nSPS) is 14.6. The Bertz CT molecular complexity index is 979. The molecule has 0 aromatic heterocycles. The molecule has 1 aliphatic heterocycles. The number of nitrogens with zero attached hydrogens (tertiary/aromatic N) is 1. The van der Waals surface area contributed by atoms with Crippen molar-refractivity contribution in [1.29, 1.82) is 0 Å². The summed E-state index contributed by atoms with van der Waals surface area (Å²) in [7, 11) is 0. The zero-order valence-electron chi connectivity index (χ0n) is 14.8. The molecule has 142 valence electrons. The number of fused-ring (bicyclic) bond motifs is 1. The number of para-hydroxylation sites is 3. The molecule has 0 radical (unpaired) electrons. The fourth-order valence-corrected chi connectivity index (χ4v) is 2.78. The number of carbonyl (C=O) groups is 1. The van der Waals surface area contributed by atoms with Gasteiger partial charge in [-0.1, -0.05) is 54.6 Å². The minimum atomic E-state index is -0.799. The van der Waals surface area contributed by atoms with Crippen LogP contribution in [0.15, 0.2) is 78.9 Å². The molecule has 6 nitrogen and oxygen atoms in total. The monoisotopic (exact) mass is 379 g/mol. The summed E-state index contributed by atoms with van der Waals surface area (Å²) in [4.78, 5) is 21.2. The van der Waals surface area contributed by atoms with Gasteiger partial charge in [0.1, 0.15) is 6.04 Å². The van der Waals surface area contributed by atoms with Gasteiger partial charge in [-0.2, -0.15) is 4.39 Å². The van der Waals surface area contributed by atoms with Gasteiger partial charge in [-0.05, 0) is 23.8 Å². The lowest BCUT2D eigenvalue weighted by Crippen LogP contribution is -2.40. The van der Waals surface area contributed by atoms with Crippen molar-refractivity contribution >= 4 is 23.0 Å². The maximum Gasteiger partial charge on any atom is 0.304 e. The molecule has 3 aromatic rings. The molecule has 7 heteroatoms. The second kappa shape index (κ2) is 8.77. The number of anilines is 2. The van der Waals surface area contributed by atoms with E-state index in [9.17, 15) is 19.3 Å². The minimum absolute atomic E-state index is 0.0255. The second-order valence-corrected chi connectivity index (χ2v) is 6.13. The van der Waals surface area contributed by atoms with Crippen LogP contribution >= 0.6 is 0 Å². The SMILES string of the molecule is O=C1Nc2ccccc2N[C@H]1Cc1ccccc1.O=[N+]([O-])c1ccccc1F. The predicted molar refractivity (Wildman–Crippen MR) is 106 cm³/mol. The topological polar surface area (TPSA) is 84.3 Å². The highest BCUT2D eigenvalue weighted by molar-refractivity contribution is 6.03. The summed E-state index contributed by atoms with van der Waals surface area (Å²) in [6.07, 6.45) is 0.695. The maximum atomic E-state index is 12.4. The van der Waals surface area contributed by atoms with E-state index >= 15 is 0 Å². The molecule has 0 saturated heterocycles. The van der Waals surface area contributed by atoms with Crippen molar-refractivity contribution in [3.8, 4) is 0 Å². The first-order valence-corrected chi connectivity index (χ1v) is 8.64. The molecule has 3 aromatic carbocycles. The van der Waals surface area contributed by atoms with Crippen LogP contribution in [0.1, 0.15) is 5.56 Å². The van der Waals surface area contributed by atoms with E-state index in [-0.39, 0.29) is 11.9 Å². The standard InChI is InChI=1S/C15H14N2O.C6H4FNO2/c18-15-14(10-11-6-2-1-3-7-11)16-12-8-4-5-9-13(12)17-15;7-5-3-1-2-4-6(5)8(9)10/h1-9,14,16H,10H2,(H,17,18);1-4H/t14-;/m0./s1. The Kier molecular flexibility index (Phi) is 5.96. The highest BCUT2D eigenvalue weighted by Gasteiger charge is 2.24.